The predicted molar refractivity (Wildman–Crippen MR) is 79.3 cm³/mol. The van der Waals surface area contributed by atoms with E-state index in [9.17, 15) is 14.9 Å². The Bertz CT molecular complexity index is 543. The fourth-order valence-electron chi connectivity index (χ4n) is 1.66. The summed E-state index contributed by atoms with van der Waals surface area (Å²) in [5.41, 5.74) is 5.25. The van der Waals surface area contributed by atoms with E-state index in [-0.39, 0.29) is 22.8 Å². The Labute approximate surface area is 127 Å². The van der Waals surface area contributed by atoms with Crippen molar-refractivity contribution in [2.75, 3.05) is 6.54 Å². The summed E-state index contributed by atoms with van der Waals surface area (Å²) in [7, 11) is 0. The summed E-state index contributed by atoms with van der Waals surface area (Å²) in [6.07, 6.45) is -0.646. The van der Waals surface area contributed by atoms with Crippen molar-refractivity contribution < 1.29 is 14.5 Å². The topological polar surface area (TPSA) is 107 Å². The highest BCUT2D eigenvalue weighted by molar-refractivity contribution is 6.31. The second kappa shape index (κ2) is 6.73. The minimum absolute atomic E-state index is 0.0283. The van der Waals surface area contributed by atoms with Gasteiger partial charge in [-0.1, -0.05) is 17.7 Å². The van der Waals surface area contributed by atoms with E-state index >= 15 is 0 Å². The molecule has 0 radical (unpaired) electrons. The number of amides is 1. The number of hydrogen-bond acceptors (Lipinski definition) is 5. The summed E-state index contributed by atoms with van der Waals surface area (Å²) in [5.74, 6) is 0. The van der Waals surface area contributed by atoms with E-state index < -0.39 is 22.7 Å². The molecule has 0 saturated carbocycles. The molecule has 1 unspecified atom stereocenters. The predicted octanol–water partition coefficient (Wildman–Crippen LogP) is 2.77. The monoisotopic (exact) mass is 315 g/mol. The van der Waals surface area contributed by atoms with Crippen LogP contribution < -0.4 is 11.1 Å². The molecule has 116 valence electrons. The maximum absolute atomic E-state index is 11.5. The number of nitrogens with zero attached hydrogens (tertiary/aromatic N) is 1. The first kappa shape index (κ1) is 17.2. The molecule has 0 heterocycles. The fraction of sp³-hybridized carbons (Fsp3) is 0.462. The van der Waals surface area contributed by atoms with Gasteiger partial charge in [0, 0.05) is 12.6 Å². The lowest BCUT2D eigenvalue weighted by Gasteiger charge is -2.21. The van der Waals surface area contributed by atoms with E-state index in [0.717, 1.165) is 0 Å². The number of carbonyl (C=O) groups is 1. The number of nitro groups is 1. The van der Waals surface area contributed by atoms with Crippen molar-refractivity contribution in [3.05, 3.63) is 38.9 Å². The molecule has 1 aromatic rings. The number of alkyl carbamates (subject to hydrolysis) is 1. The molecule has 1 rings (SSSR count). The average molecular weight is 316 g/mol. The van der Waals surface area contributed by atoms with Gasteiger partial charge in [0.15, 0.2) is 0 Å². The first-order valence-electron chi connectivity index (χ1n) is 6.27. The zero-order chi connectivity index (χ0) is 16.2. The van der Waals surface area contributed by atoms with Gasteiger partial charge in [-0.25, -0.2) is 4.79 Å². The van der Waals surface area contributed by atoms with E-state index in [0.29, 0.717) is 0 Å². The first-order valence-corrected chi connectivity index (χ1v) is 6.65. The molecule has 3 N–H and O–H groups in total. The molecule has 0 spiro atoms. The molecule has 0 aromatic heterocycles. The third kappa shape index (κ3) is 5.20. The number of nitrogens with two attached hydrogens (primary N) is 1. The van der Waals surface area contributed by atoms with Crippen molar-refractivity contribution in [2.24, 2.45) is 5.73 Å². The van der Waals surface area contributed by atoms with Gasteiger partial charge in [-0.2, -0.15) is 0 Å². The van der Waals surface area contributed by atoms with Crippen molar-refractivity contribution in [1.82, 2.24) is 5.32 Å². The van der Waals surface area contributed by atoms with Gasteiger partial charge < -0.3 is 15.8 Å². The number of rotatable bonds is 4. The van der Waals surface area contributed by atoms with Crippen LogP contribution in [0.5, 0.6) is 0 Å². The molecule has 0 aliphatic rings. The number of nitro benzene ring substituents is 1. The van der Waals surface area contributed by atoms with Gasteiger partial charge in [0.1, 0.15) is 5.60 Å². The Morgan fingerprint density at radius 3 is 2.67 bits per heavy atom. The van der Waals surface area contributed by atoms with E-state index in [1.807, 2.05) is 0 Å². The summed E-state index contributed by atoms with van der Waals surface area (Å²) in [6.45, 7) is 5.15. The largest absolute Gasteiger partial charge is 0.444 e. The summed E-state index contributed by atoms with van der Waals surface area (Å²) in [5, 5.41) is 13.6. The van der Waals surface area contributed by atoms with Gasteiger partial charge in [0.25, 0.3) is 5.69 Å². The normalized spacial score (nSPS) is 12.6. The lowest BCUT2D eigenvalue weighted by molar-refractivity contribution is -0.385. The Kier molecular flexibility index (Phi) is 5.51. The molecule has 0 bridgehead atoms. The van der Waals surface area contributed by atoms with Crippen LogP contribution in [0, 0.1) is 10.1 Å². The summed E-state index contributed by atoms with van der Waals surface area (Å²) >= 11 is 5.96. The van der Waals surface area contributed by atoms with Gasteiger partial charge in [0.2, 0.25) is 0 Å². The number of nitrogens with one attached hydrogen (secondary N) is 1. The van der Waals surface area contributed by atoms with Crippen molar-refractivity contribution in [3.8, 4) is 0 Å². The SMILES string of the molecule is CC(C)(C)OC(=O)NCC(N)c1c(Cl)cccc1[N+](=O)[O-]. The highest BCUT2D eigenvalue weighted by atomic mass is 35.5. The quantitative estimate of drug-likeness (QED) is 0.656. The Morgan fingerprint density at radius 2 is 2.14 bits per heavy atom. The van der Waals surface area contributed by atoms with Crippen LogP contribution in [-0.2, 0) is 4.74 Å². The van der Waals surface area contributed by atoms with Gasteiger partial charge in [-0.05, 0) is 26.8 Å². The Balaban J connectivity index is 2.79. The molecule has 1 aromatic carbocycles. The van der Waals surface area contributed by atoms with Crippen LogP contribution in [0.3, 0.4) is 0 Å². The highest BCUT2D eigenvalue weighted by Crippen LogP contribution is 2.30. The van der Waals surface area contributed by atoms with Crippen molar-refractivity contribution in [1.29, 1.82) is 0 Å². The molecule has 0 saturated heterocycles. The van der Waals surface area contributed by atoms with Crippen molar-refractivity contribution in [2.45, 2.75) is 32.4 Å². The molecular formula is C13H18ClN3O4. The van der Waals surface area contributed by atoms with E-state index in [1.165, 1.54) is 18.2 Å². The van der Waals surface area contributed by atoms with E-state index in [1.54, 1.807) is 20.8 Å². The Morgan fingerprint density at radius 1 is 1.52 bits per heavy atom. The number of benzene rings is 1. The molecule has 7 nitrogen and oxygen atoms in total. The second-order valence-corrected chi connectivity index (χ2v) is 5.83. The number of ether oxygens (including phenoxy) is 1. The zero-order valence-electron chi connectivity index (χ0n) is 12.1. The summed E-state index contributed by atoms with van der Waals surface area (Å²) in [6, 6.07) is 3.48. The lowest BCUT2D eigenvalue weighted by atomic mass is 10.1. The molecule has 0 aliphatic heterocycles. The van der Waals surface area contributed by atoms with E-state index in [2.05, 4.69) is 5.32 Å². The van der Waals surface area contributed by atoms with Crippen molar-refractivity contribution in [3.63, 3.8) is 0 Å². The smallest absolute Gasteiger partial charge is 0.407 e. The van der Waals surface area contributed by atoms with Gasteiger partial charge in [0.05, 0.1) is 21.6 Å². The number of hydrogen-bond donors (Lipinski definition) is 2. The molecule has 21 heavy (non-hydrogen) atoms. The van der Waals surface area contributed by atoms with Gasteiger partial charge in [-0.15, -0.1) is 0 Å². The maximum Gasteiger partial charge on any atom is 0.407 e. The zero-order valence-corrected chi connectivity index (χ0v) is 12.8. The van der Waals surface area contributed by atoms with Crippen LogP contribution in [0.15, 0.2) is 18.2 Å². The summed E-state index contributed by atoms with van der Waals surface area (Å²) < 4.78 is 5.06. The Hall–Kier alpha value is -1.86. The van der Waals surface area contributed by atoms with E-state index in [4.69, 9.17) is 22.1 Å². The number of halogens is 1. The summed E-state index contributed by atoms with van der Waals surface area (Å²) in [4.78, 5) is 22.0. The maximum atomic E-state index is 11.5. The van der Waals surface area contributed by atoms with Crippen LogP contribution >= 0.6 is 11.6 Å². The molecule has 0 aliphatic carbocycles. The van der Waals surface area contributed by atoms with Crippen LogP contribution in [0.4, 0.5) is 10.5 Å². The minimum Gasteiger partial charge on any atom is -0.444 e. The van der Waals surface area contributed by atoms with Crippen molar-refractivity contribution >= 4 is 23.4 Å². The van der Waals surface area contributed by atoms with Gasteiger partial charge in [-0.3, -0.25) is 10.1 Å². The highest BCUT2D eigenvalue weighted by Gasteiger charge is 2.23. The standard InChI is InChI=1S/C13H18ClN3O4/c1-13(2,3)21-12(18)16-7-9(15)11-8(14)5-4-6-10(11)17(19)20/h4-6,9H,7,15H2,1-3H3,(H,16,18). The fourth-order valence-corrected chi connectivity index (χ4v) is 1.97. The third-order valence-corrected chi connectivity index (χ3v) is 2.79. The molecule has 1 amide bonds. The average Bonchev–Trinajstić information content (AvgIpc) is 2.33. The molecule has 8 heteroatoms. The minimum atomic E-state index is -0.813. The third-order valence-electron chi connectivity index (χ3n) is 2.46. The van der Waals surface area contributed by atoms with Crippen LogP contribution in [0.1, 0.15) is 32.4 Å². The molecule has 1 atom stereocenters. The second-order valence-electron chi connectivity index (χ2n) is 5.42. The van der Waals surface area contributed by atoms with Crippen LogP contribution in [0.2, 0.25) is 5.02 Å². The molecule has 0 fully saturated rings. The first-order chi connectivity index (χ1) is 9.61. The lowest BCUT2D eigenvalue weighted by Crippen LogP contribution is -2.36. The number of carbonyl (C=O) groups excluding carboxylic acids is 1. The van der Waals surface area contributed by atoms with Crippen LogP contribution in [0.25, 0.3) is 0 Å². The van der Waals surface area contributed by atoms with Crippen LogP contribution in [-0.4, -0.2) is 23.2 Å². The molecular weight excluding hydrogens is 298 g/mol. The van der Waals surface area contributed by atoms with Gasteiger partial charge >= 0.3 is 6.09 Å².